The number of pyridine rings is 1. The smallest absolute Gasteiger partial charge is 0.229 e. The lowest BCUT2D eigenvalue weighted by Gasteiger charge is -2.20. The van der Waals surface area contributed by atoms with Crippen LogP contribution in [0.2, 0.25) is 0 Å². The molecule has 0 bridgehead atoms. The van der Waals surface area contributed by atoms with Crippen LogP contribution in [0.4, 0.5) is 10.1 Å². The molecule has 0 aliphatic heterocycles. The minimum Gasteiger partial charge on any atom is -0.497 e. The van der Waals surface area contributed by atoms with E-state index in [1.807, 2.05) is 36.4 Å². The first-order chi connectivity index (χ1) is 17.8. The largest absolute Gasteiger partial charge is 0.497 e. The number of anilines is 1. The van der Waals surface area contributed by atoms with E-state index in [9.17, 15) is 17.6 Å². The first kappa shape index (κ1) is 29.4. The second kappa shape index (κ2) is 12.2. The Morgan fingerprint density at radius 1 is 1.11 bits per heavy atom. The van der Waals surface area contributed by atoms with Gasteiger partial charge < -0.3 is 10.1 Å². The van der Waals surface area contributed by atoms with Crippen molar-refractivity contribution in [3.63, 3.8) is 0 Å². The molecule has 2 aromatic carbocycles. The zero-order chi connectivity index (χ0) is 28.1. The van der Waals surface area contributed by atoms with Crippen molar-refractivity contribution in [3.8, 4) is 5.75 Å². The molecule has 1 heterocycles. The molecule has 1 amide bonds. The van der Waals surface area contributed by atoms with Gasteiger partial charge in [-0.15, -0.1) is 11.8 Å². The van der Waals surface area contributed by atoms with Crippen molar-refractivity contribution in [3.05, 3.63) is 82.8 Å². The molecule has 7 nitrogen and oxygen atoms in total. The Balaban J connectivity index is 1.73. The van der Waals surface area contributed by atoms with Crippen LogP contribution in [0, 0.1) is 5.82 Å². The Bertz CT molecular complexity index is 1390. The summed E-state index contributed by atoms with van der Waals surface area (Å²) >= 11 is 1.60. The van der Waals surface area contributed by atoms with E-state index in [1.54, 1.807) is 25.8 Å². The molecular weight excluding hydrogens is 525 g/mol. The monoisotopic (exact) mass is 559 g/mol. The summed E-state index contributed by atoms with van der Waals surface area (Å²) in [5.41, 5.74) is 3.11. The fourth-order valence-corrected chi connectivity index (χ4v) is 5.14. The number of amides is 1. The van der Waals surface area contributed by atoms with E-state index in [4.69, 9.17) is 9.72 Å². The van der Waals surface area contributed by atoms with Gasteiger partial charge >= 0.3 is 0 Å². The van der Waals surface area contributed by atoms with Gasteiger partial charge in [-0.05, 0) is 48.4 Å². The fraction of sp³-hybridized carbons (Fsp3) is 0.357. The average Bonchev–Trinajstić information content (AvgIpc) is 2.86. The summed E-state index contributed by atoms with van der Waals surface area (Å²) in [5.74, 6) is -0.167. The topological polar surface area (TPSA) is 97.4 Å². The number of benzene rings is 2. The molecule has 1 aromatic heterocycles. The standard InChI is InChI=1S/C28H34FN3O4S2/c1-18(20-9-13-24(23(29)15-20)32-38(6,34)35)26(33)30-16-21-10-14-25(28(2,3)4)31-27(21)37-17-19-7-11-22(36-5)12-8-19/h7-15,18,32H,16-17H2,1-6H3,(H,30,33). The molecule has 1 atom stereocenters. The third-order valence-electron chi connectivity index (χ3n) is 5.88. The Kier molecular flexibility index (Phi) is 9.43. The van der Waals surface area contributed by atoms with Crippen LogP contribution in [0.15, 0.2) is 59.6 Å². The second-order valence-corrected chi connectivity index (χ2v) is 12.8. The molecule has 10 heteroatoms. The number of carbonyl (C=O) groups is 1. The van der Waals surface area contributed by atoms with E-state index in [0.717, 1.165) is 33.9 Å². The van der Waals surface area contributed by atoms with E-state index >= 15 is 0 Å². The third kappa shape index (κ3) is 8.19. The van der Waals surface area contributed by atoms with Gasteiger partial charge in [0.2, 0.25) is 15.9 Å². The van der Waals surface area contributed by atoms with Crippen LogP contribution >= 0.6 is 11.8 Å². The van der Waals surface area contributed by atoms with Gasteiger partial charge in [-0.1, -0.05) is 45.0 Å². The molecule has 3 rings (SSSR count). The Hall–Kier alpha value is -3.11. The van der Waals surface area contributed by atoms with E-state index < -0.39 is 21.8 Å². The van der Waals surface area contributed by atoms with E-state index in [0.29, 0.717) is 11.3 Å². The lowest BCUT2D eigenvalue weighted by Crippen LogP contribution is -2.28. The lowest BCUT2D eigenvalue weighted by molar-refractivity contribution is -0.122. The number of sulfonamides is 1. The van der Waals surface area contributed by atoms with E-state index in [-0.39, 0.29) is 23.6 Å². The van der Waals surface area contributed by atoms with Crippen molar-refractivity contribution in [2.24, 2.45) is 0 Å². The normalized spacial score (nSPS) is 12.6. The highest BCUT2D eigenvalue weighted by Crippen LogP contribution is 2.30. The van der Waals surface area contributed by atoms with E-state index in [2.05, 4.69) is 30.8 Å². The second-order valence-electron chi connectivity index (χ2n) is 10.1. The van der Waals surface area contributed by atoms with Crippen LogP contribution in [-0.4, -0.2) is 32.7 Å². The highest BCUT2D eigenvalue weighted by Gasteiger charge is 2.20. The molecule has 38 heavy (non-hydrogen) atoms. The van der Waals surface area contributed by atoms with Crippen LogP contribution in [0.1, 0.15) is 56.0 Å². The maximum Gasteiger partial charge on any atom is 0.229 e. The van der Waals surface area contributed by atoms with Crippen molar-refractivity contribution in [2.75, 3.05) is 18.1 Å². The average molecular weight is 560 g/mol. The molecule has 0 saturated heterocycles. The molecule has 0 aliphatic rings. The van der Waals surface area contributed by atoms with Gasteiger partial charge in [0.15, 0.2) is 0 Å². The number of hydrogen-bond acceptors (Lipinski definition) is 6. The number of nitrogens with zero attached hydrogens (tertiary/aromatic N) is 1. The first-order valence-electron chi connectivity index (χ1n) is 12.1. The van der Waals surface area contributed by atoms with Gasteiger partial charge in [0.05, 0.1) is 25.0 Å². The predicted molar refractivity (Wildman–Crippen MR) is 151 cm³/mol. The summed E-state index contributed by atoms with van der Waals surface area (Å²) in [6, 6.07) is 15.9. The van der Waals surface area contributed by atoms with Gasteiger partial charge in [-0.25, -0.2) is 17.8 Å². The van der Waals surface area contributed by atoms with Crippen LogP contribution in [0.25, 0.3) is 0 Å². The number of thioether (sulfide) groups is 1. The summed E-state index contributed by atoms with van der Waals surface area (Å²) in [7, 11) is -1.98. The van der Waals surface area contributed by atoms with Crippen LogP contribution in [0.3, 0.4) is 0 Å². The van der Waals surface area contributed by atoms with Gasteiger partial charge in [-0.3, -0.25) is 9.52 Å². The van der Waals surface area contributed by atoms with E-state index in [1.165, 1.54) is 18.2 Å². The Morgan fingerprint density at radius 3 is 2.37 bits per heavy atom. The molecule has 2 N–H and O–H groups in total. The molecule has 1 unspecified atom stereocenters. The van der Waals surface area contributed by atoms with Gasteiger partial charge in [-0.2, -0.15) is 0 Å². The first-order valence-corrected chi connectivity index (χ1v) is 15.0. The summed E-state index contributed by atoms with van der Waals surface area (Å²) in [6.45, 7) is 8.25. The number of halogens is 1. The van der Waals surface area contributed by atoms with Gasteiger partial charge in [0.1, 0.15) is 16.6 Å². The highest BCUT2D eigenvalue weighted by molar-refractivity contribution is 7.98. The number of nitrogens with one attached hydrogen (secondary N) is 2. The number of carbonyl (C=O) groups excluding carboxylic acids is 1. The van der Waals surface area contributed by atoms with Crippen molar-refractivity contribution in [1.82, 2.24) is 10.3 Å². The summed E-state index contributed by atoms with van der Waals surface area (Å²) in [6.07, 6.45) is 0.947. The number of rotatable bonds is 10. The summed E-state index contributed by atoms with van der Waals surface area (Å²) in [4.78, 5) is 17.8. The predicted octanol–water partition coefficient (Wildman–Crippen LogP) is 5.61. The molecular formula is C28H34FN3O4S2. The fourth-order valence-electron chi connectivity index (χ4n) is 3.59. The molecule has 0 aliphatic carbocycles. The van der Waals surface area contributed by atoms with Crippen LogP contribution < -0.4 is 14.8 Å². The molecule has 0 saturated carbocycles. The molecule has 3 aromatic rings. The Morgan fingerprint density at radius 2 is 1.79 bits per heavy atom. The van der Waals surface area contributed by atoms with Crippen molar-refractivity contribution in [1.29, 1.82) is 0 Å². The van der Waals surface area contributed by atoms with Crippen LogP contribution in [-0.2, 0) is 32.5 Å². The lowest BCUT2D eigenvalue weighted by atomic mass is 9.91. The number of hydrogen-bond donors (Lipinski definition) is 2. The molecule has 0 spiro atoms. The van der Waals surface area contributed by atoms with Crippen molar-refractivity contribution in [2.45, 2.75) is 56.4 Å². The minimum atomic E-state index is -3.61. The zero-order valence-corrected chi connectivity index (χ0v) is 24.1. The minimum absolute atomic E-state index is 0.131. The maximum absolute atomic E-state index is 14.4. The Labute approximate surface area is 228 Å². The third-order valence-corrected chi connectivity index (χ3v) is 7.57. The van der Waals surface area contributed by atoms with Gasteiger partial charge in [0, 0.05) is 29.0 Å². The molecule has 204 valence electrons. The number of aromatic nitrogens is 1. The highest BCUT2D eigenvalue weighted by atomic mass is 32.2. The SMILES string of the molecule is COc1ccc(CSc2nc(C(C)(C)C)ccc2CNC(=O)C(C)c2ccc(NS(C)(=O)=O)c(F)c2)cc1. The summed E-state index contributed by atoms with van der Waals surface area (Å²) in [5, 5.41) is 3.78. The molecule has 0 radical (unpaired) electrons. The number of methoxy groups -OCH3 is 1. The van der Waals surface area contributed by atoms with Crippen molar-refractivity contribution >= 4 is 33.4 Å². The maximum atomic E-state index is 14.4. The number of ether oxygens (including phenoxy) is 1. The molecule has 0 fully saturated rings. The van der Waals surface area contributed by atoms with Crippen LogP contribution in [0.5, 0.6) is 5.75 Å². The van der Waals surface area contributed by atoms with Gasteiger partial charge in [0.25, 0.3) is 0 Å². The quantitative estimate of drug-likeness (QED) is 0.314. The zero-order valence-electron chi connectivity index (χ0n) is 22.5. The summed E-state index contributed by atoms with van der Waals surface area (Å²) < 4.78 is 44.6. The van der Waals surface area contributed by atoms with Crippen molar-refractivity contribution < 1.29 is 22.3 Å².